The lowest BCUT2D eigenvalue weighted by Gasteiger charge is -2.17. The van der Waals surface area contributed by atoms with Gasteiger partial charge in [-0.05, 0) is 68.1 Å². The molecule has 2 heterocycles. The van der Waals surface area contributed by atoms with Crippen molar-refractivity contribution in [1.29, 1.82) is 0 Å². The van der Waals surface area contributed by atoms with Gasteiger partial charge in [-0.2, -0.15) is 0 Å². The molecule has 2 heteroatoms. The number of benzene rings is 5. The van der Waals surface area contributed by atoms with Crippen LogP contribution < -0.4 is 0 Å². The summed E-state index contributed by atoms with van der Waals surface area (Å²) in [7, 11) is 0. The van der Waals surface area contributed by atoms with E-state index in [4.69, 9.17) is 11.8 Å². The minimum absolute atomic E-state index is 0.208. The molecule has 0 saturated heterocycles. The van der Waals surface area contributed by atoms with Gasteiger partial charge in [-0.1, -0.05) is 103 Å². The van der Waals surface area contributed by atoms with Crippen LogP contribution in [0.2, 0.25) is 0 Å². The van der Waals surface area contributed by atoms with Gasteiger partial charge in [0.05, 0.1) is 12.5 Å². The van der Waals surface area contributed by atoms with E-state index >= 15 is 0 Å². The quantitative estimate of drug-likeness (QED) is 0.244. The Labute approximate surface area is 216 Å². The molecule has 0 aliphatic rings. The predicted molar refractivity (Wildman–Crippen MR) is 151 cm³/mol. The van der Waals surface area contributed by atoms with Crippen molar-refractivity contribution < 1.29 is 6.85 Å². The second kappa shape index (κ2) is 8.44. The summed E-state index contributed by atoms with van der Waals surface area (Å²) in [5.74, 6) is 0. The lowest BCUT2D eigenvalue weighted by molar-refractivity contribution is 1.29. The largest absolute Gasteiger partial charge is 0.237 e. The van der Waals surface area contributed by atoms with Gasteiger partial charge in [0.25, 0.3) is 0 Å². The lowest BCUT2D eigenvalue weighted by atomic mass is 9.86. The minimum atomic E-state index is -0.397. The van der Waals surface area contributed by atoms with Crippen LogP contribution in [-0.4, -0.2) is 9.97 Å². The van der Waals surface area contributed by atoms with Crippen molar-refractivity contribution in [1.82, 2.24) is 9.97 Å². The highest BCUT2D eigenvalue weighted by molar-refractivity contribution is 6.21. The number of rotatable bonds is 3. The second-order valence-electron chi connectivity index (χ2n) is 8.67. The van der Waals surface area contributed by atoms with E-state index in [1.54, 1.807) is 6.20 Å². The standard InChI is InChI=1S/C34H22N2/c1-2-9-24(10-3-1)32-27-12-4-6-14-29(27)33(30-15-7-5-13-28(30)32)25-18-16-23(17-19-25)31-21-20-26-11-8-22-35-34(26)36-31/h1-22H/i1D,2D,3D,9D,10D. The molecular formula is C34H22N2. The normalized spacial score (nSPS) is 13.3. The molecule has 2 aromatic heterocycles. The number of aromatic nitrogens is 2. The van der Waals surface area contributed by atoms with Gasteiger partial charge in [0.15, 0.2) is 5.65 Å². The first-order valence-electron chi connectivity index (χ1n) is 14.3. The summed E-state index contributed by atoms with van der Waals surface area (Å²) >= 11 is 0. The molecule has 0 saturated carbocycles. The molecule has 0 spiro atoms. The summed E-state index contributed by atoms with van der Waals surface area (Å²) < 4.78 is 42.1. The van der Waals surface area contributed by atoms with Gasteiger partial charge in [-0.15, -0.1) is 0 Å². The first-order valence-corrected chi connectivity index (χ1v) is 11.8. The molecule has 0 fully saturated rings. The van der Waals surface area contributed by atoms with Crippen molar-refractivity contribution in [3.05, 3.63) is 133 Å². The molecule has 7 rings (SSSR count). The van der Waals surface area contributed by atoms with E-state index in [-0.39, 0.29) is 29.7 Å². The monoisotopic (exact) mass is 463 g/mol. The summed E-state index contributed by atoms with van der Waals surface area (Å²) in [6.07, 6.45) is 1.74. The maximum atomic E-state index is 8.71. The van der Waals surface area contributed by atoms with Crippen LogP contribution >= 0.6 is 0 Å². The maximum absolute atomic E-state index is 8.71. The highest BCUT2D eigenvalue weighted by Crippen LogP contribution is 2.43. The molecular weight excluding hydrogens is 436 g/mol. The Hall–Kier alpha value is -4.82. The van der Waals surface area contributed by atoms with E-state index in [1.807, 2.05) is 72.8 Å². The zero-order chi connectivity index (χ0) is 28.2. The van der Waals surface area contributed by atoms with Crippen molar-refractivity contribution in [3.63, 3.8) is 0 Å². The van der Waals surface area contributed by atoms with Gasteiger partial charge in [-0.25, -0.2) is 9.97 Å². The van der Waals surface area contributed by atoms with Crippen molar-refractivity contribution in [3.8, 4) is 33.5 Å². The molecule has 36 heavy (non-hydrogen) atoms. The van der Waals surface area contributed by atoms with Crippen LogP contribution in [0.15, 0.2) is 133 Å². The molecule has 0 radical (unpaired) electrons. The van der Waals surface area contributed by atoms with E-state index in [2.05, 4.69) is 29.2 Å². The van der Waals surface area contributed by atoms with E-state index in [1.165, 1.54) is 0 Å². The second-order valence-corrected chi connectivity index (χ2v) is 8.67. The van der Waals surface area contributed by atoms with Crippen LogP contribution in [0.1, 0.15) is 6.85 Å². The topological polar surface area (TPSA) is 25.8 Å². The third-order valence-electron chi connectivity index (χ3n) is 6.61. The van der Waals surface area contributed by atoms with Crippen LogP contribution in [-0.2, 0) is 0 Å². The molecule has 2 nitrogen and oxygen atoms in total. The van der Waals surface area contributed by atoms with E-state index in [9.17, 15) is 0 Å². The van der Waals surface area contributed by atoms with Gasteiger partial charge in [0.2, 0.25) is 0 Å². The number of fused-ring (bicyclic) bond motifs is 3. The van der Waals surface area contributed by atoms with Crippen LogP contribution in [0, 0.1) is 0 Å². The average molecular weight is 464 g/mol. The third-order valence-corrected chi connectivity index (χ3v) is 6.61. The fourth-order valence-corrected chi connectivity index (χ4v) is 5.01. The van der Waals surface area contributed by atoms with Crippen LogP contribution in [0.4, 0.5) is 0 Å². The van der Waals surface area contributed by atoms with E-state index in [0.29, 0.717) is 11.2 Å². The number of nitrogens with zero attached hydrogens (tertiary/aromatic N) is 2. The Kier molecular flexibility index (Phi) is 3.74. The van der Waals surface area contributed by atoms with Gasteiger partial charge in [0.1, 0.15) is 0 Å². The van der Waals surface area contributed by atoms with Gasteiger partial charge < -0.3 is 0 Å². The van der Waals surface area contributed by atoms with E-state index in [0.717, 1.165) is 49.3 Å². The fraction of sp³-hybridized carbons (Fsp3) is 0. The number of hydrogen-bond acceptors (Lipinski definition) is 2. The molecule has 5 aromatic carbocycles. The first-order chi connectivity index (χ1) is 19.9. The highest BCUT2D eigenvalue weighted by atomic mass is 14.8. The summed E-state index contributed by atoms with van der Waals surface area (Å²) in [5, 5.41) is 4.52. The average Bonchev–Trinajstić information content (AvgIpc) is 3.02. The molecule has 0 aliphatic heterocycles. The van der Waals surface area contributed by atoms with Gasteiger partial charge >= 0.3 is 0 Å². The first kappa shape index (κ1) is 16.0. The van der Waals surface area contributed by atoms with Crippen LogP contribution in [0.5, 0.6) is 0 Å². The molecule has 0 atom stereocenters. The third kappa shape index (κ3) is 3.35. The Morgan fingerprint density at radius 3 is 1.72 bits per heavy atom. The Morgan fingerprint density at radius 1 is 0.500 bits per heavy atom. The SMILES string of the molecule is [2H]c1c([2H])c([2H])c(-c2c3ccccc3c(-c3ccc(-c4ccc5cccnc5n4)cc3)c3ccccc23)c([2H])c1[2H]. The zero-order valence-corrected chi connectivity index (χ0v) is 19.2. The smallest absolute Gasteiger partial charge is 0.159 e. The number of hydrogen-bond donors (Lipinski definition) is 0. The van der Waals surface area contributed by atoms with Crippen LogP contribution in [0.25, 0.3) is 66.1 Å². The Bertz CT molecular complexity index is 2070. The molecule has 0 aliphatic carbocycles. The molecule has 7 aromatic rings. The van der Waals surface area contributed by atoms with Crippen molar-refractivity contribution in [2.45, 2.75) is 0 Å². The van der Waals surface area contributed by atoms with Crippen LogP contribution in [0.3, 0.4) is 0 Å². The summed E-state index contributed by atoms with van der Waals surface area (Å²) in [4.78, 5) is 9.13. The molecule has 168 valence electrons. The van der Waals surface area contributed by atoms with Gasteiger partial charge in [-0.3, -0.25) is 0 Å². The molecule has 0 N–H and O–H groups in total. The number of pyridine rings is 2. The lowest BCUT2D eigenvalue weighted by Crippen LogP contribution is -1.91. The Morgan fingerprint density at radius 2 is 1.08 bits per heavy atom. The van der Waals surface area contributed by atoms with Crippen molar-refractivity contribution in [2.24, 2.45) is 0 Å². The summed E-state index contributed by atoms with van der Waals surface area (Å²) in [6, 6.07) is 30.4. The molecule has 0 amide bonds. The van der Waals surface area contributed by atoms with Crippen molar-refractivity contribution >= 4 is 32.6 Å². The summed E-state index contributed by atoms with van der Waals surface area (Å²) in [6.45, 7) is 0. The molecule has 0 bridgehead atoms. The zero-order valence-electron chi connectivity index (χ0n) is 24.2. The molecule has 0 unspecified atom stereocenters. The van der Waals surface area contributed by atoms with Gasteiger partial charge in [0, 0.05) is 17.1 Å². The minimum Gasteiger partial charge on any atom is -0.237 e. The highest BCUT2D eigenvalue weighted by Gasteiger charge is 2.16. The summed E-state index contributed by atoms with van der Waals surface area (Å²) in [5.41, 5.74) is 5.40. The predicted octanol–water partition coefficient (Wildman–Crippen LogP) is 8.94. The maximum Gasteiger partial charge on any atom is 0.159 e. The van der Waals surface area contributed by atoms with E-state index < -0.39 is 6.04 Å². The Balaban J connectivity index is 1.48. The van der Waals surface area contributed by atoms with Crippen molar-refractivity contribution in [2.75, 3.05) is 0 Å². The fourth-order valence-electron chi connectivity index (χ4n) is 5.01.